The van der Waals surface area contributed by atoms with Crippen LogP contribution >= 0.6 is 0 Å². The molecule has 28 heavy (non-hydrogen) atoms. The largest absolute Gasteiger partial charge is 0.444 e. The minimum Gasteiger partial charge on any atom is -0.444 e. The molecule has 1 saturated carbocycles. The Hall–Kier alpha value is -2.57. The number of benzene rings is 1. The molecule has 1 aromatic carbocycles. The lowest BCUT2D eigenvalue weighted by molar-refractivity contribution is -0.120. The monoisotopic (exact) mass is 389 g/mol. The van der Waals surface area contributed by atoms with Crippen molar-refractivity contribution in [1.29, 1.82) is 0 Å². The molecule has 0 heterocycles. The van der Waals surface area contributed by atoms with Crippen molar-refractivity contribution in [3.63, 3.8) is 0 Å². The summed E-state index contributed by atoms with van der Waals surface area (Å²) in [5.74, 6) is -0.0367. The number of hydrogen-bond acceptors (Lipinski definition) is 4. The normalized spacial score (nSPS) is 14.8. The Labute approximate surface area is 166 Å². The minimum absolute atomic E-state index is 0.0738. The van der Waals surface area contributed by atoms with Crippen LogP contribution in [0.4, 0.5) is 16.2 Å². The molecule has 7 heteroatoms. The number of amides is 3. The lowest BCUT2D eigenvalue weighted by atomic mass is 9.88. The van der Waals surface area contributed by atoms with E-state index in [1.807, 2.05) is 0 Å². The molecule has 3 N–H and O–H groups in total. The Bertz CT molecular complexity index is 674. The molecule has 7 nitrogen and oxygen atoms in total. The highest BCUT2D eigenvalue weighted by atomic mass is 16.6. The topological polar surface area (TPSA) is 96.5 Å². The fraction of sp³-hybridized carbons (Fsp3) is 0.571. The smallest absolute Gasteiger partial charge is 0.407 e. The molecule has 1 aliphatic rings. The van der Waals surface area contributed by atoms with Crippen LogP contribution in [-0.4, -0.2) is 30.1 Å². The first-order valence-corrected chi connectivity index (χ1v) is 9.90. The molecule has 0 radical (unpaired) electrons. The fourth-order valence-corrected chi connectivity index (χ4v) is 3.06. The summed E-state index contributed by atoms with van der Waals surface area (Å²) in [4.78, 5) is 35.8. The lowest BCUT2D eigenvalue weighted by Gasteiger charge is -2.20. The molecule has 0 atom stereocenters. The van der Waals surface area contributed by atoms with Crippen LogP contribution in [0.5, 0.6) is 0 Å². The van der Waals surface area contributed by atoms with E-state index in [2.05, 4.69) is 16.0 Å². The molecule has 0 saturated heterocycles. The molecule has 1 aromatic rings. The Morgan fingerprint density at radius 3 is 2.11 bits per heavy atom. The van der Waals surface area contributed by atoms with Crippen molar-refractivity contribution in [2.75, 3.05) is 17.2 Å². The number of nitrogens with one attached hydrogen (secondary N) is 3. The summed E-state index contributed by atoms with van der Waals surface area (Å²) < 4.78 is 5.11. The molecule has 3 amide bonds. The molecule has 1 aliphatic carbocycles. The summed E-state index contributed by atoms with van der Waals surface area (Å²) in [7, 11) is 0. The molecule has 0 aromatic heterocycles. The number of hydrogen-bond donors (Lipinski definition) is 3. The second kappa shape index (κ2) is 10.1. The van der Waals surface area contributed by atoms with Crippen molar-refractivity contribution in [3.05, 3.63) is 24.3 Å². The van der Waals surface area contributed by atoms with Gasteiger partial charge in [-0.15, -0.1) is 0 Å². The van der Waals surface area contributed by atoms with Crippen LogP contribution in [0.25, 0.3) is 0 Å². The van der Waals surface area contributed by atoms with Gasteiger partial charge in [0.25, 0.3) is 0 Å². The third kappa shape index (κ3) is 7.98. The van der Waals surface area contributed by atoms with Crippen LogP contribution in [0, 0.1) is 5.92 Å². The Morgan fingerprint density at radius 2 is 1.54 bits per heavy atom. The average Bonchev–Trinajstić information content (AvgIpc) is 2.62. The molecule has 0 unspecified atom stereocenters. The zero-order valence-electron chi connectivity index (χ0n) is 17.0. The van der Waals surface area contributed by atoms with Gasteiger partial charge in [0.1, 0.15) is 5.60 Å². The van der Waals surface area contributed by atoms with Crippen LogP contribution in [0.2, 0.25) is 0 Å². The second-order valence-corrected chi connectivity index (χ2v) is 8.13. The maximum absolute atomic E-state index is 12.3. The number of rotatable bonds is 6. The van der Waals surface area contributed by atoms with Gasteiger partial charge in [0, 0.05) is 30.3 Å². The Kier molecular flexibility index (Phi) is 7.84. The van der Waals surface area contributed by atoms with E-state index in [1.165, 1.54) is 6.42 Å². The van der Waals surface area contributed by atoms with Crippen molar-refractivity contribution < 1.29 is 19.1 Å². The van der Waals surface area contributed by atoms with Crippen LogP contribution < -0.4 is 16.0 Å². The standard InChI is InChI=1S/C21H31N3O4/c1-21(2,3)28-20(27)22-14-13-18(25)23-16-9-11-17(12-10-16)24-19(26)15-7-5-4-6-8-15/h9-12,15H,4-8,13-14H2,1-3H3,(H,22,27)(H,23,25)(H,24,26). The van der Waals surface area contributed by atoms with E-state index in [-0.39, 0.29) is 30.7 Å². The Morgan fingerprint density at radius 1 is 0.964 bits per heavy atom. The molecule has 0 bridgehead atoms. The quantitative estimate of drug-likeness (QED) is 0.683. The van der Waals surface area contributed by atoms with Gasteiger partial charge in [0.05, 0.1) is 0 Å². The third-order valence-electron chi connectivity index (χ3n) is 4.43. The highest BCUT2D eigenvalue weighted by molar-refractivity contribution is 5.94. The van der Waals surface area contributed by atoms with E-state index in [0.29, 0.717) is 5.69 Å². The molecular formula is C21H31N3O4. The van der Waals surface area contributed by atoms with E-state index < -0.39 is 11.7 Å². The first-order valence-electron chi connectivity index (χ1n) is 9.90. The van der Waals surface area contributed by atoms with Crippen LogP contribution in [0.1, 0.15) is 59.3 Å². The first kappa shape index (κ1) is 21.7. The van der Waals surface area contributed by atoms with Crippen molar-refractivity contribution in [1.82, 2.24) is 5.32 Å². The molecule has 154 valence electrons. The SMILES string of the molecule is CC(C)(C)OC(=O)NCCC(=O)Nc1ccc(NC(=O)C2CCCCC2)cc1. The summed E-state index contributed by atoms with van der Waals surface area (Å²) in [5, 5.41) is 8.26. The predicted octanol–water partition coefficient (Wildman–Crippen LogP) is 4.06. The number of carbonyl (C=O) groups excluding carboxylic acids is 3. The van der Waals surface area contributed by atoms with Gasteiger partial charge >= 0.3 is 6.09 Å². The average molecular weight is 389 g/mol. The van der Waals surface area contributed by atoms with Crippen molar-refractivity contribution in [2.24, 2.45) is 5.92 Å². The fourth-order valence-electron chi connectivity index (χ4n) is 3.06. The third-order valence-corrected chi connectivity index (χ3v) is 4.43. The molecule has 2 rings (SSSR count). The lowest BCUT2D eigenvalue weighted by Crippen LogP contribution is -2.34. The van der Waals surface area contributed by atoms with Gasteiger partial charge in [-0.05, 0) is 57.9 Å². The van der Waals surface area contributed by atoms with Crippen LogP contribution in [0.15, 0.2) is 24.3 Å². The summed E-state index contributed by atoms with van der Waals surface area (Å²) in [6.07, 6.45) is 4.95. The van der Waals surface area contributed by atoms with E-state index in [1.54, 1.807) is 45.0 Å². The molecule has 0 aliphatic heterocycles. The number of carbonyl (C=O) groups is 3. The van der Waals surface area contributed by atoms with E-state index >= 15 is 0 Å². The van der Waals surface area contributed by atoms with Crippen molar-refractivity contribution in [3.8, 4) is 0 Å². The highest BCUT2D eigenvalue weighted by Gasteiger charge is 2.21. The molecule has 1 fully saturated rings. The van der Waals surface area contributed by atoms with Crippen molar-refractivity contribution in [2.45, 2.75) is 64.9 Å². The van der Waals surface area contributed by atoms with Gasteiger partial charge < -0.3 is 20.7 Å². The summed E-state index contributed by atoms with van der Waals surface area (Å²) in [6.45, 7) is 5.53. The van der Waals surface area contributed by atoms with Crippen LogP contribution in [0.3, 0.4) is 0 Å². The second-order valence-electron chi connectivity index (χ2n) is 8.13. The summed E-state index contributed by atoms with van der Waals surface area (Å²) in [5.41, 5.74) is 0.790. The summed E-state index contributed by atoms with van der Waals surface area (Å²) >= 11 is 0. The van der Waals surface area contributed by atoms with Gasteiger partial charge in [-0.2, -0.15) is 0 Å². The number of alkyl carbamates (subject to hydrolysis) is 1. The predicted molar refractivity (Wildman–Crippen MR) is 109 cm³/mol. The van der Waals surface area contributed by atoms with E-state index in [4.69, 9.17) is 4.74 Å². The maximum atomic E-state index is 12.3. The van der Waals surface area contributed by atoms with Gasteiger partial charge in [-0.3, -0.25) is 9.59 Å². The van der Waals surface area contributed by atoms with Gasteiger partial charge in [-0.25, -0.2) is 4.79 Å². The Balaban J connectivity index is 1.71. The molecular weight excluding hydrogens is 358 g/mol. The van der Waals surface area contributed by atoms with Gasteiger partial charge in [0.2, 0.25) is 11.8 Å². The first-order chi connectivity index (χ1) is 13.2. The number of ether oxygens (including phenoxy) is 1. The summed E-state index contributed by atoms with van der Waals surface area (Å²) in [6, 6.07) is 7.04. The van der Waals surface area contributed by atoms with Crippen LogP contribution in [-0.2, 0) is 14.3 Å². The van der Waals surface area contributed by atoms with E-state index in [0.717, 1.165) is 31.4 Å². The zero-order valence-corrected chi connectivity index (χ0v) is 17.0. The number of anilines is 2. The minimum atomic E-state index is -0.569. The zero-order chi connectivity index (χ0) is 20.6. The van der Waals surface area contributed by atoms with Gasteiger partial charge in [-0.1, -0.05) is 19.3 Å². The highest BCUT2D eigenvalue weighted by Crippen LogP contribution is 2.25. The van der Waals surface area contributed by atoms with E-state index in [9.17, 15) is 14.4 Å². The van der Waals surface area contributed by atoms with Crippen molar-refractivity contribution >= 4 is 29.3 Å². The maximum Gasteiger partial charge on any atom is 0.407 e. The molecule has 0 spiro atoms. The van der Waals surface area contributed by atoms with Gasteiger partial charge in [0.15, 0.2) is 0 Å².